The second-order valence-electron chi connectivity index (χ2n) is 5.88. The summed E-state index contributed by atoms with van der Waals surface area (Å²) in [4.78, 5) is 17.0. The van der Waals surface area contributed by atoms with Gasteiger partial charge in [-0.05, 0) is 35.9 Å². The van der Waals surface area contributed by atoms with Crippen LogP contribution in [0.15, 0.2) is 36.4 Å². The summed E-state index contributed by atoms with van der Waals surface area (Å²) in [6.45, 7) is 1.37. The lowest BCUT2D eigenvalue weighted by Gasteiger charge is -2.13. The van der Waals surface area contributed by atoms with E-state index in [1.165, 1.54) is 12.1 Å². The predicted molar refractivity (Wildman–Crippen MR) is 113 cm³/mol. The molecule has 3 aromatic rings. The van der Waals surface area contributed by atoms with Gasteiger partial charge in [0.1, 0.15) is 5.82 Å². The van der Waals surface area contributed by atoms with E-state index in [1.54, 1.807) is 18.2 Å². The molecule has 31 heavy (non-hydrogen) atoms. The highest BCUT2D eigenvalue weighted by molar-refractivity contribution is 6.31. The topological polar surface area (TPSA) is 190 Å². The van der Waals surface area contributed by atoms with Gasteiger partial charge in [-0.3, -0.25) is 4.79 Å². The van der Waals surface area contributed by atoms with Crippen molar-refractivity contribution in [1.82, 2.24) is 9.97 Å². The van der Waals surface area contributed by atoms with Crippen molar-refractivity contribution in [2.24, 2.45) is 0 Å². The number of benzene rings is 2. The van der Waals surface area contributed by atoms with Crippen LogP contribution in [0.4, 0.5) is 30.6 Å². The van der Waals surface area contributed by atoms with E-state index < -0.39 is 17.7 Å². The van der Waals surface area contributed by atoms with Crippen LogP contribution in [0.1, 0.15) is 18.1 Å². The van der Waals surface area contributed by atoms with E-state index in [1.807, 2.05) is 0 Å². The van der Waals surface area contributed by atoms with Gasteiger partial charge in [0.25, 0.3) is 5.97 Å². The van der Waals surface area contributed by atoms with Crippen LogP contribution in [0.5, 0.6) is 0 Å². The lowest BCUT2D eigenvalue weighted by molar-refractivity contribution is -0.137. The summed E-state index contributed by atoms with van der Waals surface area (Å²) in [6.07, 6.45) is -4.51. The Kier molecular flexibility index (Phi) is 9.95. The number of nitrogens with two attached hydrogens (primary N) is 2. The number of anilines is 3. The van der Waals surface area contributed by atoms with E-state index in [0.29, 0.717) is 23.1 Å². The lowest BCUT2D eigenvalue weighted by atomic mass is 10.1. The highest BCUT2D eigenvalue weighted by atomic mass is 35.5. The van der Waals surface area contributed by atoms with Gasteiger partial charge in [-0.2, -0.15) is 18.2 Å². The van der Waals surface area contributed by atoms with Gasteiger partial charge in [0, 0.05) is 24.5 Å². The zero-order valence-electron chi connectivity index (χ0n) is 16.1. The maximum atomic E-state index is 12.9. The van der Waals surface area contributed by atoms with E-state index in [9.17, 15) is 13.2 Å². The van der Waals surface area contributed by atoms with Gasteiger partial charge in [0.2, 0.25) is 5.95 Å². The molecule has 0 radical (unpaired) electrons. The Labute approximate surface area is 179 Å². The highest BCUT2D eigenvalue weighted by Crippen LogP contribution is 2.36. The largest absolute Gasteiger partial charge is 0.481 e. The van der Waals surface area contributed by atoms with Crippen molar-refractivity contribution in [3.63, 3.8) is 0 Å². The van der Waals surface area contributed by atoms with E-state index in [2.05, 4.69) is 15.3 Å². The molecule has 0 amide bonds. The van der Waals surface area contributed by atoms with E-state index >= 15 is 0 Å². The third-order valence-electron chi connectivity index (χ3n) is 3.58. The maximum Gasteiger partial charge on any atom is 0.417 e. The number of fused-ring (bicyclic) bond motifs is 1. The standard InChI is InChI=1S/C16H13ClF3N5.C2H4O2.2H2O/c17-12-3-2-9(6-11(12)16(18,19)20)23-7-8-1-4-13-10(5-8)14(21)25-15(22)24-13;1-2(3)4;;/h1-6,23H,7H2,(H4,21,22,24,25);1H3,(H,3,4);2*1H2. The number of aliphatic carboxylic acids is 1. The molecular formula is C18H21ClF3N5O4. The van der Waals surface area contributed by atoms with Crippen molar-refractivity contribution >= 4 is 45.9 Å². The van der Waals surface area contributed by atoms with Gasteiger partial charge in [-0.25, -0.2) is 4.98 Å². The van der Waals surface area contributed by atoms with Crippen LogP contribution in [0.25, 0.3) is 10.9 Å². The first-order valence-corrected chi connectivity index (χ1v) is 8.47. The fraction of sp³-hybridized carbons (Fsp3) is 0.167. The SMILES string of the molecule is CC(=O)O.Nc1nc(N)c2cc(CNc3ccc(Cl)c(C(F)(F)F)c3)ccc2n1.O.O. The fourth-order valence-corrected chi connectivity index (χ4v) is 2.61. The lowest BCUT2D eigenvalue weighted by Crippen LogP contribution is -2.07. The van der Waals surface area contributed by atoms with E-state index in [0.717, 1.165) is 18.6 Å². The Balaban J connectivity index is 0.00000138. The number of aromatic nitrogens is 2. The molecule has 0 aliphatic heterocycles. The molecule has 0 saturated heterocycles. The first-order valence-electron chi connectivity index (χ1n) is 8.09. The average molecular weight is 464 g/mol. The molecule has 0 spiro atoms. The zero-order valence-corrected chi connectivity index (χ0v) is 16.8. The number of carbonyl (C=O) groups is 1. The van der Waals surface area contributed by atoms with Gasteiger partial charge in [0.15, 0.2) is 0 Å². The number of nitrogens with one attached hydrogen (secondary N) is 1. The monoisotopic (exact) mass is 463 g/mol. The Hall–Kier alpha value is -3.35. The van der Waals surface area contributed by atoms with Crippen LogP contribution in [0.3, 0.4) is 0 Å². The molecule has 0 unspecified atom stereocenters. The molecule has 13 heteroatoms. The van der Waals surface area contributed by atoms with Gasteiger partial charge >= 0.3 is 6.18 Å². The Morgan fingerprint density at radius 2 is 1.74 bits per heavy atom. The number of nitrogen functional groups attached to an aromatic ring is 2. The normalized spacial score (nSPS) is 10.2. The highest BCUT2D eigenvalue weighted by Gasteiger charge is 2.33. The summed E-state index contributed by atoms with van der Waals surface area (Å²) in [5.41, 5.74) is 12.2. The second kappa shape index (κ2) is 11.2. The van der Waals surface area contributed by atoms with Gasteiger partial charge in [-0.15, -0.1) is 0 Å². The van der Waals surface area contributed by atoms with Gasteiger partial charge < -0.3 is 32.8 Å². The number of hydrogen-bond donors (Lipinski definition) is 4. The van der Waals surface area contributed by atoms with Gasteiger partial charge in [0.05, 0.1) is 16.1 Å². The van der Waals surface area contributed by atoms with Gasteiger partial charge in [-0.1, -0.05) is 17.7 Å². The first kappa shape index (κ1) is 27.7. The molecule has 1 aromatic heterocycles. The van der Waals surface area contributed by atoms with Crippen LogP contribution in [-0.2, 0) is 17.5 Å². The van der Waals surface area contributed by atoms with Crippen molar-refractivity contribution < 1.29 is 34.0 Å². The summed E-state index contributed by atoms with van der Waals surface area (Å²) in [5.74, 6) is -0.507. The summed E-state index contributed by atoms with van der Waals surface area (Å²) >= 11 is 5.61. The van der Waals surface area contributed by atoms with Crippen molar-refractivity contribution in [2.75, 3.05) is 16.8 Å². The van der Waals surface area contributed by atoms with Crippen LogP contribution >= 0.6 is 11.6 Å². The van der Waals surface area contributed by atoms with Crippen molar-refractivity contribution in [2.45, 2.75) is 19.6 Å². The van der Waals surface area contributed by atoms with Crippen molar-refractivity contribution in [3.8, 4) is 0 Å². The molecule has 0 atom stereocenters. The third-order valence-corrected chi connectivity index (χ3v) is 3.90. The number of rotatable bonds is 3. The number of nitrogens with zero attached hydrogens (tertiary/aromatic N) is 2. The molecule has 0 fully saturated rings. The molecule has 0 aliphatic rings. The molecule has 3 rings (SSSR count). The number of hydrogen-bond acceptors (Lipinski definition) is 6. The van der Waals surface area contributed by atoms with Crippen LogP contribution < -0.4 is 16.8 Å². The summed E-state index contributed by atoms with van der Waals surface area (Å²) in [6, 6.07) is 8.93. The molecule has 1 heterocycles. The second-order valence-corrected chi connectivity index (χ2v) is 6.29. The smallest absolute Gasteiger partial charge is 0.417 e. The van der Waals surface area contributed by atoms with Crippen LogP contribution in [0.2, 0.25) is 5.02 Å². The minimum Gasteiger partial charge on any atom is -0.481 e. The quantitative estimate of drug-likeness (QED) is 0.458. The van der Waals surface area contributed by atoms with Crippen LogP contribution in [0, 0.1) is 0 Å². The maximum absolute atomic E-state index is 12.9. The predicted octanol–water partition coefficient (Wildman–Crippen LogP) is 2.52. The molecule has 0 bridgehead atoms. The average Bonchev–Trinajstić information content (AvgIpc) is 2.59. The number of carboxylic acids is 1. The Bertz CT molecular complexity index is 1050. The molecule has 10 N–H and O–H groups in total. The molecular weight excluding hydrogens is 443 g/mol. The number of carboxylic acid groups (broad SMARTS) is 1. The summed E-state index contributed by atoms with van der Waals surface area (Å²) < 4.78 is 38.7. The Morgan fingerprint density at radius 3 is 2.32 bits per heavy atom. The minimum atomic E-state index is -4.51. The number of alkyl halides is 3. The van der Waals surface area contributed by atoms with Crippen molar-refractivity contribution in [1.29, 1.82) is 0 Å². The minimum absolute atomic E-state index is 0. The molecule has 0 saturated carbocycles. The van der Waals surface area contributed by atoms with E-state index in [-0.39, 0.29) is 27.7 Å². The molecule has 2 aromatic carbocycles. The molecule has 9 nitrogen and oxygen atoms in total. The zero-order chi connectivity index (χ0) is 21.8. The molecule has 170 valence electrons. The van der Waals surface area contributed by atoms with Crippen molar-refractivity contribution in [3.05, 3.63) is 52.5 Å². The Morgan fingerprint density at radius 1 is 1.13 bits per heavy atom. The summed E-state index contributed by atoms with van der Waals surface area (Å²) in [7, 11) is 0. The van der Waals surface area contributed by atoms with E-state index in [4.69, 9.17) is 33.0 Å². The number of halogens is 4. The third kappa shape index (κ3) is 7.77. The van der Waals surface area contributed by atoms with Crippen LogP contribution in [-0.4, -0.2) is 32.0 Å². The first-order chi connectivity index (χ1) is 13.5. The summed E-state index contributed by atoms with van der Waals surface area (Å²) in [5, 5.41) is 10.6. The molecule has 0 aliphatic carbocycles. The fourth-order valence-electron chi connectivity index (χ4n) is 2.38.